The first-order valence-corrected chi connectivity index (χ1v) is 8.46. The van der Waals surface area contributed by atoms with Crippen LogP contribution in [0.1, 0.15) is 6.42 Å². The fourth-order valence-electron chi connectivity index (χ4n) is 2.32. The summed E-state index contributed by atoms with van der Waals surface area (Å²) in [6.45, 7) is 1.39. The van der Waals surface area contributed by atoms with Gasteiger partial charge >= 0.3 is 0 Å². The molecule has 4 nitrogen and oxygen atoms in total. The first kappa shape index (κ1) is 15.9. The number of rotatable bonds is 6. The molecule has 0 saturated carbocycles. The van der Waals surface area contributed by atoms with Gasteiger partial charge in [-0.25, -0.2) is 12.7 Å². The Balaban J connectivity index is 2.29. The normalized spacial score (nSPS) is 12.4. The smallest absolute Gasteiger partial charge is 0.243 e. The molecule has 0 saturated heterocycles. The van der Waals surface area contributed by atoms with E-state index in [1.165, 1.54) is 4.31 Å². The fourth-order valence-corrected chi connectivity index (χ4v) is 3.74. The number of sulfonamides is 1. The zero-order valence-electron chi connectivity index (χ0n) is 12.8. The molecule has 0 aliphatic rings. The van der Waals surface area contributed by atoms with Gasteiger partial charge in [-0.05, 0) is 38.5 Å². The van der Waals surface area contributed by atoms with Crippen molar-refractivity contribution < 1.29 is 8.42 Å². The van der Waals surface area contributed by atoms with Crippen LogP contribution in [0.15, 0.2) is 47.4 Å². The highest BCUT2D eigenvalue weighted by atomic mass is 32.2. The molecular weight excluding hydrogens is 284 g/mol. The lowest BCUT2D eigenvalue weighted by molar-refractivity contribution is 0.370. The molecule has 2 rings (SSSR count). The Labute approximate surface area is 127 Å². The van der Waals surface area contributed by atoms with Gasteiger partial charge in [0.15, 0.2) is 0 Å². The van der Waals surface area contributed by atoms with E-state index in [9.17, 15) is 8.42 Å². The van der Waals surface area contributed by atoms with E-state index in [4.69, 9.17) is 0 Å². The van der Waals surface area contributed by atoms with Crippen LogP contribution in [-0.4, -0.2) is 51.9 Å². The molecule has 0 spiro atoms. The average molecular weight is 306 g/mol. The predicted molar refractivity (Wildman–Crippen MR) is 86.9 cm³/mol. The van der Waals surface area contributed by atoms with Crippen molar-refractivity contribution in [2.45, 2.75) is 11.3 Å². The summed E-state index contributed by atoms with van der Waals surface area (Å²) in [6.07, 6.45) is 0.813. The maximum atomic E-state index is 12.7. The topological polar surface area (TPSA) is 40.6 Å². The van der Waals surface area contributed by atoms with E-state index in [2.05, 4.69) is 4.90 Å². The third-order valence-corrected chi connectivity index (χ3v) is 5.43. The van der Waals surface area contributed by atoms with Crippen molar-refractivity contribution in [3.63, 3.8) is 0 Å². The van der Waals surface area contributed by atoms with Crippen LogP contribution in [0, 0.1) is 0 Å². The first-order valence-electron chi connectivity index (χ1n) is 7.02. The van der Waals surface area contributed by atoms with Gasteiger partial charge in [0.05, 0.1) is 4.90 Å². The van der Waals surface area contributed by atoms with Gasteiger partial charge in [0.2, 0.25) is 10.0 Å². The Morgan fingerprint density at radius 3 is 2.29 bits per heavy atom. The van der Waals surface area contributed by atoms with Crippen LogP contribution in [0.5, 0.6) is 0 Å². The van der Waals surface area contributed by atoms with Gasteiger partial charge in [-0.15, -0.1) is 0 Å². The molecule has 0 bridgehead atoms. The highest BCUT2D eigenvalue weighted by molar-refractivity contribution is 7.89. The second-order valence-electron chi connectivity index (χ2n) is 5.46. The quantitative estimate of drug-likeness (QED) is 0.823. The zero-order valence-corrected chi connectivity index (χ0v) is 13.6. The third kappa shape index (κ3) is 3.61. The summed E-state index contributed by atoms with van der Waals surface area (Å²) in [5, 5.41) is 1.72. The summed E-state index contributed by atoms with van der Waals surface area (Å²) in [7, 11) is 2.17. The lowest BCUT2D eigenvalue weighted by atomic mass is 10.1. The molecule has 2 aromatic rings. The highest BCUT2D eigenvalue weighted by Crippen LogP contribution is 2.25. The minimum absolute atomic E-state index is 0.382. The maximum Gasteiger partial charge on any atom is 0.243 e. The molecule has 0 N–H and O–H groups in total. The van der Waals surface area contributed by atoms with Crippen LogP contribution in [0.3, 0.4) is 0 Å². The summed E-state index contributed by atoms with van der Waals surface area (Å²) in [5.41, 5.74) is 0. The highest BCUT2D eigenvalue weighted by Gasteiger charge is 2.22. The Hall–Kier alpha value is -1.43. The Morgan fingerprint density at radius 2 is 1.57 bits per heavy atom. The van der Waals surface area contributed by atoms with Crippen molar-refractivity contribution >= 4 is 20.8 Å². The molecule has 2 aromatic carbocycles. The van der Waals surface area contributed by atoms with E-state index in [1.807, 2.05) is 44.4 Å². The molecule has 114 valence electrons. The molecule has 0 amide bonds. The summed E-state index contributed by atoms with van der Waals surface area (Å²) in [5.74, 6) is 0. The fraction of sp³-hybridized carbons (Fsp3) is 0.375. The van der Waals surface area contributed by atoms with Crippen LogP contribution >= 0.6 is 0 Å². The van der Waals surface area contributed by atoms with Gasteiger partial charge in [0.1, 0.15) is 0 Å². The Kier molecular flexibility index (Phi) is 4.98. The van der Waals surface area contributed by atoms with Crippen molar-refractivity contribution in [3.05, 3.63) is 42.5 Å². The van der Waals surface area contributed by atoms with Gasteiger partial charge in [0.25, 0.3) is 0 Å². The lowest BCUT2D eigenvalue weighted by Crippen LogP contribution is -2.30. The third-order valence-electron chi connectivity index (χ3n) is 3.52. The van der Waals surface area contributed by atoms with Gasteiger partial charge < -0.3 is 4.90 Å². The Morgan fingerprint density at radius 1 is 0.905 bits per heavy atom. The largest absolute Gasteiger partial charge is 0.309 e. The van der Waals surface area contributed by atoms with E-state index in [1.54, 1.807) is 19.2 Å². The van der Waals surface area contributed by atoms with Crippen molar-refractivity contribution in [2.24, 2.45) is 0 Å². The van der Waals surface area contributed by atoms with E-state index in [0.29, 0.717) is 11.4 Å². The van der Waals surface area contributed by atoms with Gasteiger partial charge in [0, 0.05) is 19.0 Å². The predicted octanol–water partition coefficient (Wildman–Crippen LogP) is 2.41. The molecule has 0 heterocycles. The van der Waals surface area contributed by atoms with E-state index < -0.39 is 10.0 Å². The van der Waals surface area contributed by atoms with Crippen LogP contribution in [0.4, 0.5) is 0 Å². The second kappa shape index (κ2) is 6.56. The van der Waals surface area contributed by atoms with E-state index in [-0.39, 0.29) is 0 Å². The summed E-state index contributed by atoms with van der Waals surface area (Å²) in [6, 6.07) is 13.0. The number of nitrogens with zero attached hydrogens (tertiary/aromatic N) is 2. The zero-order chi connectivity index (χ0) is 15.5. The molecule has 0 aliphatic carbocycles. The number of hydrogen-bond acceptors (Lipinski definition) is 3. The summed E-state index contributed by atoms with van der Waals surface area (Å²) in [4.78, 5) is 2.44. The van der Waals surface area contributed by atoms with Crippen molar-refractivity contribution in [3.8, 4) is 0 Å². The van der Waals surface area contributed by atoms with Crippen LogP contribution in [-0.2, 0) is 10.0 Å². The molecule has 21 heavy (non-hydrogen) atoms. The molecular formula is C16H22N2O2S. The second-order valence-corrected chi connectivity index (χ2v) is 7.47. The minimum atomic E-state index is -3.45. The molecule has 0 radical (unpaired) electrons. The molecule has 0 atom stereocenters. The van der Waals surface area contributed by atoms with Crippen molar-refractivity contribution in [2.75, 3.05) is 34.2 Å². The molecule has 0 unspecified atom stereocenters. The minimum Gasteiger partial charge on any atom is -0.309 e. The van der Waals surface area contributed by atoms with Gasteiger partial charge in [-0.3, -0.25) is 0 Å². The standard InChI is InChI=1S/C16H22N2O2S/c1-17(2)12-7-13-18(3)21(19,20)16-11-6-9-14-8-4-5-10-15(14)16/h4-6,8-11H,7,12-13H2,1-3H3. The first-order chi connectivity index (χ1) is 9.93. The monoisotopic (exact) mass is 306 g/mol. The van der Waals surface area contributed by atoms with Gasteiger partial charge in [-0.1, -0.05) is 36.4 Å². The maximum absolute atomic E-state index is 12.7. The van der Waals surface area contributed by atoms with Crippen molar-refractivity contribution in [1.29, 1.82) is 0 Å². The average Bonchev–Trinajstić information content (AvgIpc) is 2.46. The number of benzene rings is 2. The van der Waals surface area contributed by atoms with E-state index >= 15 is 0 Å². The van der Waals surface area contributed by atoms with Crippen molar-refractivity contribution in [1.82, 2.24) is 9.21 Å². The van der Waals surface area contributed by atoms with E-state index in [0.717, 1.165) is 23.7 Å². The lowest BCUT2D eigenvalue weighted by Gasteiger charge is -2.19. The summed E-state index contributed by atoms with van der Waals surface area (Å²) < 4.78 is 26.9. The molecule has 0 fully saturated rings. The SMILES string of the molecule is CN(C)CCCN(C)S(=O)(=O)c1cccc2ccccc12. The number of hydrogen-bond donors (Lipinski definition) is 0. The van der Waals surface area contributed by atoms with Crippen LogP contribution < -0.4 is 0 Å². The number of fused-ring (bicyclic) bond motifs is 1. The molecule has 5 heteroatoms. The van der Waals surface area contributed by atoms with Gasteiger partial charge in [-0.2, -0.15) is 0 Å². The van der Waals surface area contributed by atoms with Crippen LogP contribution in [0.25, 0.3) is 10.8 Å². The summed E-state index contributed by atoms with van der Waals surface area (Å²) >= 11 is 0. The molecule has 0 aromatic heterocycles. The molecule has 0 aliphatic heterocycles. The van der Waals surface area contributed by atoms with Crippen LogP contribution in [0.2, 0.25) is 0 Å². The Bertz CT molecular complexity index is 706.